The zero-order chi connectivity index (χ0) is 15.2. The number of carbonyl (C=O) groups is 1. The first-order chi connectivity index (χ1) is 10.1. The molecule has 2 rings (SSSR count). The van der Waals surface area contributed by atoms with Gasteiger partial charge < -0.3 is 15.0 Å². The van der Waals surface area contributed by atoms with Gasteiger partial charge in [-0.25, -0.2) is 0 Å². The lowest BCUT2D eigenvalue weighted by Gasteiger charge is -2.33. The Bertz CT molecular complexity index is 505. The van der Waals surface area contributed by atoms with Crippen LogP contribution in [0.5, 0.6) is 0 Å². The number of thioether (sulfide) groups is 1. The fourth-order valence-corrected chi connectivity index (χ4v) is 3.55. The molecule has 1 heterocycles. The van der Waals surface area contributed by atoms with E-state index in [0.29, 0.717) is 11.7 Å². The minimum Gasteiger partial charge on any atom is -0.468 e. The molecule has 1 N–H and O–H groups in total. The molecule has 0 amide bonds. The molecular formula is C15H20N2O2S2. The Labute approximate surface area is 135 Å². The first-order valence-electron chi connectivity index (χ1n) is 6.98. The summed E-state index contributed by atoms with van der Waals surface area (Å²) in [4.78, 5) is 13.7. The molecule has 0 unspecified atom stereocenters. The molecule has 1 aromatic carbocycles. The van der Waals surface area contributed by atoms with Crippen LogP contribution >= 0.6 is 24.0 Å². The summed E-state index contributed by atoms with van der Waals surface area (Å²) in [5.41, 5.74) is 2.27. The van der Waals surface area contributed by atoms with Gasteiger partial charge in [0.1, 0.15) is 5.25 Å². The summed E-state index contributed by atoms with van der Waals surface area (Å²) in [6, 6.07) is 8.24. The minimum absolute atomic E-state index is 0.161. The lowest BCUT2D eigenvalue weighted by Crippen LogP contribution is -2.46. The van der Waals surface area contributed by atoms with Crippen molar-refractivity contribution in [2.24, 2.45) is 0 Å². The van der Waals surface area contributed by atoms with Crippen molar-refractivity contribution in [2.45, 2.75) is 18.6 Å². The molecule has 1 fully saturated rings. The molecule has 0 radical (unpaired) electrons. The molecule has 0 spiro atoms. The molecular weight excluding hydrogens is 304 g/mol. The van der Waals surface area contributed by atoms with Gasteiger partial charge in [-0.3, -0.25) is 4.79 Å². The Morgan fingerprint density at radius 2 is 2.19 bits per heavy atom. The molecule has 1 atom stereocenters. The molecule has 1 aliphatic heterocycles. The third-order valence-electron chi connectivity index (χ3n) is 3.43. The minimum atomic E-state index is -0.181. The quantitative estimate of drug-likeness (QED) is 0.681. The average molecular weight is 324 g/mol. The average Bonchev–Trinajstić information content (AvgIpc) is 2.55. The maximum absolute atomic E-state index is 11.6. The number of anilines is 1. The highest BCUT2D eigenvalue weighted by Crippen LogP contribution is 2.21. The van der Waals surface area contributed by atoms with E-state index in [-0.39, 0.29) is 11.2 Å². The largest absolute Gasteiger partial charge is 0.468 e. The first-order valence-corrected chi connectivity index (χ1v) is 8.44. The molecule has 6 heteroatoms. The Morgan fingerprint density at radius 3 is 2.81 bits per heavy atom. The second-order valence-corrected chi connectivity index (χ2v) is 6.51. The predicted octanol–water partition coefficient (Wildman–Crippen LogP) is 2.54. The third-order valence-corrected chi connectivity index (χ3v) is 4.95. The highest BCUT2D eigenvalue weighted by atomic mass is 32.2. The Morgan fingerprint density at radius 1 is 1.48 bits per heavy atom. The van der Waals surface area contributed by atoms with Crippen LogP contribution in [0, 0.1) is 0 Å². The highest BCUT2D eigenvalue weighted by molar-refractivity contribution is 8.00. The number of rotatable bonds is 3. The standard InChI is InChI=1S/C15H20N2O2S2/c1-3-11-4-6-12(7-5-11)16-15(20)17-8-9-21-13(10-17)14(18)19-2/h4-7,13H,3,8-10H2,1-2H3,(H,16,20)/t13-/m0/s1. The second kappa shape index (κ2) is 7.66. The molecule has 0 saturated carbocycles. The zero-order valence-corrected chi connectivity index (χ0v) is 13.9. The number of hydrogen-bond acceptors (Lipinski definition) is 4. The number of esters is 1. The zero-order valence-electron chi connectivity index (χ0n) is 12.3. The van der Waals surface area contributed by atoms with Gasteiger partial charge in [-0.05, 0) is 36.3 Å². The van der Waals surface area contributed by atoms with Gasteiger partial charge in [-0.15, -0.1) is 11.8 Å². The normalized spacial score (nSPS) is 18.2. The summed E-state index contributed by atoms with van der Waals surface area (Å²) < 4.78 is 4.81. The molecule has 4 nitrogen and oxygen atoms in total. The van der Waals surface area contributed by atoms with Crippen molar-refractivity contribution in [1.29, 1.82) is 0 Å². The Hall–Kier alpha value is -1.27. The van der Waals surface area contributed by atoms with Crippen LogP contribution in [0.15, 0.2) is 24.3 Å². The van der Waals surface area contributed by atoms with Crippen molar-refractivity contribution in [2.75, 3.05) is 31.3 Å². The first kappa shape index (κ1) is 16.1. The molecule has 1 saturated heterocycles. The van der Waals surface area contributed by atoms with Crippen molar-refractivity contribution in [3.8, 4) is 0 Å². The van der Waals surface area contributed by atoms with Gasteiger partial charge in [0, 0.05) is 24.5 Å². The van der Waals surface area contributed by atoms with Gasteiger partial charge in [0.05, 0.1) is 7.11 Å². The topological polar surface area (TPSA) is 41.6 Å². The molecule has 0 bridgehead atoms. The van der Waals surface area contributed by atoms with Crippen molar-refractivity contribution in [1.82, 2.24) is 4.90 Å². The van der Waals surface area contributed by atoms with E-state index in [4.69, 9.17) is 17.0 Å². The SMILES string of the molecule is CCc1ccc(NC(=S)N2CCS[C@H](C(=O)OC)C2)cc1. The summed E-state index contributed by atoms with van der Waals surface area (Å²) in [7, 11) is 1.42. The van der Waals surface area contributed by atoms with Crippen LogP contribution in [0.4, 0.5) is 5.69 Å². The van der Waals surface area contributed by atoms with E-state index in [9.17, 15) is 4.79 Å². The van der Waals surface area contributed by atoms with Gasteiger partial charge in [-0.1, -0.05) is 19.1 Å². The monoisotopic (exact) mass is 324 g/mol. The van der Waals surface area contributed by atoms with E-state index in [1.54, 1.807) is 11.8 Å². The van der Waals surface area contributed by atoms with Crippen LogP contribution in [0.25, 0.3) is 0 Å². The van der Waals surface area contributed by atoms with Gasteiger partial charge in [0.25, 0.3) is 0 Å². The van der Waals surface area contributed by atoms with E-state index >= 15 is 0 Å². The number of nitrogens with one attached hydrogen (secondary N) is 1. The van der Waals surface area contributed by atoms with E-state index in [1.807, 2.05) is 17.0 Å². The molecule has 114 valence electrons. The number of carbonyl (C=O) groups excluding carboxylic acids is 1. The second-order valence-electron chi connectivity index (χ2n) is 4.81. The summed E-state index contributed by atoms with van der Waals surface area (Å²) in [5.74, 6) is 0.691. The van der Waals surface area contributed by atoms with Crippen LogP contribution in [0.2, 0.25) is 0 Å². The predicted molar refractivity (Wildman–Crippen MR) is 91.9 cm³/mol. The highest BCUT2D eigenvalue weighted by Gasteiger charge is 2.28. The summed E-state index contributed by atoms with van der Waals surface area (Å²) >= 11 is 7.07. The fraction of sp³-hybridized carbons (Fsp3) is 0.467. The van der Waals surface area contributed by atoms with Gasteiger partial charge in [0.15, 0.2) is 5.11 Å². The van der Waals surface area contributed by atoms with Crippen LogP contribution in [-0.4, -0.2) is 47.2 Å². The van der Waals surface area contributed by atoms with E-state index in [2.05, 4.69) is 24.4 Å². The molecule has 1 aliphatic rings. The van der Waals surface area contributed by atoms with Crippen molar-refractivity contribution >= 4 is 40.7 Å². The van der Waals surface area contributed by atoms with E-state index in [0.717, 1.165) is 24.4 Å². The molecule has 1 aromatic rings. The van der Waals surface area contributed by atoms with E-state index in [1.165, 1.54) is 12.7 Å². The number of ether oxygens (including phenoxy) is 1. The molecule has 21 heavy (non-hydrogen) atoms. The van der Waals surface area contributed by atoms with Crippen molar-refractivity contribution in [3.05, 3.63) is 29.8 Å². The van der Waals surface area contributed by atoms with Crippen LogP contribution in [0.3, 0.4) is 0 Å². The van der Waals surface area contributed by atoms with Crippen molar-refractivity contribution < 1.29 is 9.53 Å². The van der Waals surface area contributed by atoms with Crippen LogP contribution < -0.4 is 5.32 Å². The van der Waals surface area contributed by atoms with E-state index < -0.39 is 0 Å². The van der Waals surface area contributed by atoms with Gasteiger partial charge in [-0.2, -0.15) is 0 Å². The summed E-state index contributed by atoms with van der Waals surface area (Å²) in [5, 5.41) is 3.74. The van der Waals surface area contributed by atoms with Crippen LogP contribution in [-0.2, 0) is 16.0 Å². The maximum Gasteiger partial charge on any atom is 0.320 e. The number of aryl methyl sites for hydroxylation is 1. The third kappa shape index (κ3) is 4.35. The smallest absolute Gasteiger partial charge is 0.320 e. The van der Waals surface area contributed by atoms with Crippen LogP contribution in [0.1, 0.15) is 12.5 Å². The molecule has 0 aliphatic carbocycles. The van der Waals surface area contributed by atoms with Gasteiger partial charge in [0.2, 0.25) is 0 Å². The summed E-state index contributed by atoms with van der Waals surface area (Å²) in [6.45, 7) is 3.57. The number of nitrogens with zero attached hydrogens (tertiary/aromatic N) is 1. The van der Waals surface area contributed by atoms with Crippen molar-refractivity contribution in [3.63, 3.8) is 0 Å². The number of thiocarbonyl (C=S) groups is 1. The Kier molecular flexibility index (Phi) is 5.87. The maximum atomic E-state index is 11.6. The summed E-state index contributed by atoms with van der Waals surface area (Å²) in [6.07, 6.45) is 1.02. The Balaban J connectivity index is 1.94. The number of benzene rings is 1. The molecule has 0 aromatic heterocycles. The number of methoxy groups -OCH3 is 1. The lowest BCUT2D eigenvalue weighted by molar-refractivity contribution is -0.140. The number of hydrogen-bond donors (Lipinski definition) is 1. The fourth-order valence-electron chi connectivity index (χ4n) is 2.13. The van der Waals surface area contributed by atoms with Gasteiger partial charge >= 0.3 is 5.97 Å². The lowest BCUT2D eigenvalue weighted by atomic mass is 10.1.